The quantitative estimate of drug-likeness (QED) is 0.451. The average Bonchev–Trinajstić information content (AvgIpc) is 2.93. The highest BCUT2D eigenvalue weighted by atomic mass is 35.5. The highest BCUT2D eigenvalue weighted by Crippen LogP contribution is 2.35. The van der Waals surface area contributed by atoms with Gasteiger partial charge in [-0.15, -0.1) is 0 Å². The fourth-order valence-electron chi connectivity index (χ4n) is 4.88. The van der Waals surface area contributed by atoms with Crippen molar-refractivity contribution in [1.29, 1.82) is 0 Å². The minimum atomic E-state index is -0.489. The van der Waals surface area contributed by atoms with E-state index in [1.54, 1.807) is 31.4 Å². The van der Waals surface area contributed by atoms with Crippen LogP contribution in [0.5, 0.6) is 11.5 Å². The average molecular weight is 544 g/mol. The van der Waals surface area contributed by atoms with E-state index in [2.05, 4.69) is 20.2 Å². The number of nitrogens with one attached hydrogen (secondary N) is 1. The van der Waals surface area contributed by atoms with Crippen LogP contribution in [0, 0.1) is 5.82 Å². The Balaban J connectivity index is 1.32. The third-order valence-electron chi connectivity index (χ3n) is 6.95. The van der Waals surface area contributed by atoms with E-state index < -0.39 is 5.82 Å². The maximum Gasteiger partial charge on any atom is 0.237 e. The lowest BCUT2D eigenvalue weighted by atomic mass is 10.0. The van der Waals surface area contributed by atoms with Crippen LogP contribution in [-0.2, 0) is 9.53 Å². The van der Waals surface area contributed by atoms with Crippen LogP contribution in [0.3, 0.4) is 0 Å². The molecule has 202 valence electrons. The maximum absolute atomic E-state index is 14.4. The molecule has 5 rings (SSSR count). The van der Waals surface area contributed by atoms with E-state index in [0.717, 1.165) is 38.9 Å². The van der Waals surface area contributed by atoms with Crippen molar-refractivity contribution < 1.29 is 23.4 Å². The molecule has 2 aliphatic rings. The third kappa shape index (κ3) is 6.09. The van der Waals surface area contributed by atoms with Crippen LogP contribution in [0.15, 0.2) is 36.7 Å². The minimum Gasteiger partial charge on any atom is -0.493 e. The topological polar surface area (TPSA) is 89.0 Å². The Hall–Kier alpha value is -3.21. The molecule has 1 N–H and O–H groups in total. The van der Waals surface area contributed by atoms with Gasteiger partial charge in [0.25, 0.3) is 0 Å². The lowest BCUT2D eigenvalue weighted by Crippen LogP contribution is -2.51. The molecule has 0 bridgehead atoms. The van der Waals surface area contributed by atoms with Crippen LogP contribution in [0.4, 0.5) is 15.9 Å². The van der Waals surface area contributed by atoms with Gasteiger partial charge in [0, 0.05) is 36.1 Å². The third-order valence-corrected chi connectivity index (χ3v) is 7.18. The van der Waals surface area contributed by atoms with Crippen molar-refractivity contribution in [3.63, 3.8) is 0 Å². The Labute approximate surface area is 225 Å². The van der Waals surface area contributed by atoms with Gasteiger partial charge in [-0.25, -0.2) is 14.4 Å². The summed E-state index contributed by atoms with van der Waals surface area (Å²) in [6.07, 6.45) is 4.33. The predicted octanol–water partition coefficient (Wildman–Crippen LogP) is 4.27. The largest absolute Gasteiger partial charge is 0.493 e. The Morgan fingerprint density at radius 2 is 2.00 bits per heavy atom. The zero-order chi connectivity index (χ0) is 26.5. The highest BCUT2D eigenvalue weighted by Gasteiger charge is 2.29. The van der Waals surface area contributed by atoms with Gasteiger partial charge in [0.05, 0.1) is 44.1 Å². The van der Waals surface area contributed by atoms with Crippen LogP contribution >= 0.6 is 11.6 Å². The van der Waals surface area contributed by atoms with Crippen molar-refractivity contribution in [2.75, 3.05) is 58.4 Å². The molecule has 11 heteroatoms. The number of anilines is 2. The number of amides is 1. The second-order valence-electron chi connectivity index (χ2n) is 9.43. The van der Waals surface area contributed by atoms with E-state index in [-0.39, 0.29) is 17.6 Å². The Bertz CT molecular complexity index is 1290. The van der Waals surface area contributed by atoms with Crippen LogP contribution in [0.2, 0.25) is 5.02 Å². The van der Waals surface area contributed by atoms with E-state index in [0.29, 0.717) is 59.6 Å². The van der Waals surface area contributed by atoms with Crippen molar-refractivity contribution in [3.8, 4) is 11.5 Å². The molecule has 9 nitrogen and oxygen atoms in total. The zero-order valence-corrected chi connectivity index (χ0v) is 22.0. The van der Waals surface area contributed by atoms with Crippen LogP contribution in [0.1, 0.15) is 19.3 Å². The van der Waals surface area contributed by atoms with Gasteiger partial charge in [0.2, 0.25) is 5.91 Å². The van der Waals surface area contributed by atoms with Crippen LogP contribution in [-0.4, -0.2) is 84.8 Å². The Morgan fingerprint density at radius 1 is 1.16 bits per heavy atom. The van der Waals surface area contributed by atoms with Crippen molar-refractivity contribution in [3.05, 3.63) is 47.5 Å². The fraction of sp³-hybridized carbons (Fsp3) is 0.444. The fourth-order valence-corrected chi connectivity index (χ4v) is 5.04. The standard InChI is InChI=1S/C27H31ClFN5O4/c1-36-24-13-20-23(30-17-31-27(20)32-22-6-5-18(28)12-21(22)29)14-25(24)38-16-19-4-2-3-7-34(19)26(35)15-33-8-10-37-11-9-33/h5-6,12-14,17,19H,2-4,7-11,15-16H2,1H3,(H,30,31,32). The number of aromatic nitrogens is 2. The van der Waals surface area contributed by atoms with Crippen molar-refractivity contribution in [2.45, 2.75) is 25.3 Å². The van der Waals surface area contributed by atoms with Crippen LogP contribution in [0.25, 0.3) is 10.9 Å². The molecular formula is C27H31ClFN5O4. The molecule has 0 aliphatic carbocycles. The number of carbonyl (C=O) groups is 1. The SMILES string of the molecule is COc1cc2c(Nc3ccc(Cl)cc3F)ncnc2cc1OCC1CCCCN1C(=O)CN1CCOCC1. The number of likely N-dealkylation sites (tertiary alicyclic amines) is 1. The molecule has 1 atom stereocenters. The van der Waals surface area contributed by atoms with E-state index in [4.69, 9.17) is 25.8 Å². The number of fused-ring (bicyclic) bond motifs is 1. The summed E-state index contributed by atoms with van der Waals surface area (Å²) >= 11 is 5.88. The second kappa shape index (κ2) is 12.1. The van der Waals surface area contributed by atoms with Crippen LogP contribution < -0.4 is 14.8 Å². The van der Waals surface area contributed by atoms with Gasteiger partial charge in [-0.2, -0.15) is 0 Å². The first-order chi connectivity index (χ1) is 18.5. The normalized spacial score (nSPS) is 18.4. The number of benzene rings is 2. The molecule has 3 aromatic rings. The summed E-state index contributed by atoms with van der Waals surface area (Å²) < 4.78 is 31.6. The second-order valence-corrected chi connectivity index (χ2v) is 9.86. The number of halogens is 2. The number of hydrogen-bond donors (Lipinski definition) is 1. The molecule has 0 radical (unpaired) electrons. The van der Waals surface area contributed by atoms with Gasteiger partial charge >= 0.3 is 0 Å². The molecule has 1 amide bonds. The number of piperidine rings is 1. The molecule has 3 heterocycles. The number of morpholine rings is 1. The van der Waals surface area contributed by atoms with Gasteiger partial charge in [0.15, 0.2) is 11.5 Å². The van der Waals surface area contributed by atoms with Gasteiger partial charge in [-0.1, -0.05) is 11.6 Å². The lowest BCUT2D eigenvalue weighted by molar-refractivity contribution is -0.137. The highest BCUT2D eigenvalue weighted by molar-refractivity contribution is 6.30. The van der Waals surface area contributed by atoms with Gasteiger partial charge in [-0.05, 0) is 43.5 Å². The number of nitrogens with zero attached hydrogens (tertiary/aromatic N) is 4. The molecule has 0 spiro atoms. The molecule has 1 aromatic heterocycles. The summed E-state index contributed by atoms with van der Waals surface area (Å²) in [5.74, 6) is 1.08. The Kier molecular flexibility index (Phi) is 8.41. The summed E-state index contributed by atoms with van der Waals surface area (Å²) in [6.45, 7) is 4.36. The first-order valence-corrected chi connectivity index (χ1v) is 13.2. The van der Waals surface area contributed by atoms with E-state index in [1.165, 1.54) is 12.4 Å². The number of hydrogen-bond acceptors (Lipinski definition) is 8. The molecule has 2 aliphatic heterocycles. The van der Waals surface area contributed by atoms with Gasteiger partial charge in [-0.3, -0.25) is 9.69 Å². The number of ether oxygens (including phenoxy) is 3. The number of methoxy groups -OCH3 is 1. The molecule has 0 saturated carbocycles. The molecule has 38 heavy (non-hydrogen) atoms. The molecule has 2 aromatic carbocycles. The summed E-state index contributed by atoms with van der Waals surface area (Å²) in [6, 6.07) is 7.92. The first kappa shape index (κ1) is 26.4. The smallest absolute Gasteiger partial charge is 0.237 e. The number of carbonyl (C=O) groups excluding carboxylic acids is 1. The first-order valence-electron chi connectivity index (χ1n) is 12.8. The predicted molar refractivity (Wildman–Crippen MR) is 143 cm³/mol. The monoisotopic (exact) mass is 543 g/mol. The van der Waals surface area contributed by atoms with Gasteiger partial charge < -0.3 is 24.4 Å². The molecule has 2 fully saturated rings. The summed E-state index contributed by atoms with van der Waals surface area (Å²) in [5.41, 5.74) is 0.851. The lowest BCUT2D eigenvalue weighted by Gasteiger charge is -2.37. The summed E-state index contributed by atoms with van der Waals surface area (Å²) in [4.78, 5) is 25.9. The zero-order valence-electron chi connectivity index (χ0n) is 21.3. The summed E-state index contributed by atoms with van der Waals surface area (Å²) in [7, 11) is 1.56. The number of rotatable bonds is 8. The maximum atomic E-state index is 14.4. The van der Waals surface area contributed by atoms with E-state index in [9.17, 15) is 9.18 Å². The minimum absolute atomic E-state index is 0.0202. The molecular weight excluding hydrogens is 513 g/mol. The van der Waals surface area contributed by atoms with Crippen molar-refractivity contribution in [1.82, 2.24) is 19.8 Å². The van der Waals surface area contributed by atoms with E-state index in [1.807, 2.05) is 4.90 Å². The van der Waals surface area contributed by atoms with Crippen molar-refractivity contribution in [2.24, 2.45) is 0 Å². The molecule has 1 unspecified atom stereocenters. The van der Waals surface area contributed by atoms with Crippen molar-refractivity contribution >= 4 is 39.9 Å². The molecule has 2 saturated heterocycles. The van der Waals surface area contributed by atoms with Gasteiger partial charge in [0.1, 0.15) is 24.6 Å². The van der Waals surface area contributed by atoms with E-state index >= 15 is 0 Å². The summed E-state index contributed by atoms with van der Waals surface area (Å²) in [5, 5.41) is 3.96. The Morgan fingerprint density at radius 3 is 2.79 bits per heavy atom.